The van der Waals surface area contributed by atoms with Crippen LogP contribution in [0.2, 0.25) is 0 Å². The first-order chi connectivity index (χ1) is 8.78. The van der Waals surface area contributed by atoms with Crippen LogP contribution in [0.5, 0.6) is 0 Å². The molecule has 0 unspecified atom stereocenters. The fourth-order valence-corrected chi connectivity index (χ4v) is 2.76. The average Bonchev–Trinajstić information content (AvgIpc) is 2.71. The van der Waals surface area contributed by atoms with E-state index in [1.807, 2.05) is 12.1 Å². The smallest absolute Gasteiger partial charge is 0.160 e. The summed E-state index contributed by atoms with van der Waals surface area (Å²) < 4.78 is 7.78. The average molecular weight is 266 g/mol. The van der Waals surface area contributed by atoms with Crippen LogP contribution in [-0.4, -0.2) is 27.2 Å². The molecule has 0 radical (unpaired) electrons. The highest BCUT2D eigenvalue weighted by Crippen LogP contribution is 2.37. The topological polar surface area (TPSA) is 39.9 Å². The lowest BCUT2D eigenvalue weighted by Gasteiger charge is -2.40. The molecule has 1 saturated carbocycles. The molecule has 0 amide bonds. The van der Waals surface area contributed by atoms with Crippen molar-refractivity contribution in [2.24, 2.45) is 0 Å². The van der Waals surface area contributed by atoms with E-state index in [4.69, 9.17) is 16.3 Å². The molecule has 3 rings (SSSR count). The van der Waals surface area contributed by atoms with Crippen molar-refractivity contribution in [3.05, 3.63) is 24.2 Å². The van der Waals surface area contributed by atoms with Gasteiger partial charge in [-0.3, -0.25) is 0 Å². The molecule has 2 heterocycles. The molecule has 1 aliphatic carbocycles. The highest BCUT2D eigenvalue weighted by atomic mass is 35.5. The van der Waals surface area contributed by atoms with Gasteiger partial charge in [0.05, 0.1) is 18.0 Å². The third kappa shape index (κ3) is 1.80. The summed E-state index contributed by atoms with van der Waals surface area (Å²) in [5.74, 6) is 1.27. The van der Waals surface area contributed by atoms with Crippen LogP contribution in [0.25, 0.3) is 11.2 Å². The summed E-state index contributed by atoms with van der Waals surface area (Å²) in [5, 5.41) is 0. The molecule has 2 aromatic rings. The molecule has 0 saturated heterocycles. The Labute approximate surface area is 111 Å². The van der Waals surface area contributed by atoms with Crippen LogP contribution in [0.1, 0.15) is 25.1 Å². The number of halogens is 1. The van der Waals surface area contributed by atoms with Crippen molar-refractivity contribution in [2.75, 3.05) is 7.11 Å². The second-order valence-electron chi connectivity index (χ2n) is 4.83. The number of hydrogen-bond acceptors (Lipinski definition) is 3. The Kier molecular flexibility index (Phi) is 2.99. The standard InChI is InChI=1S/C13H16ClN3O/c1-18-13(5-3-6-13)9-17-11(8-14)16-10-4-2-7-15-12(10)17/h2,4,7H,3,5-6,8-9H2,1H3. The van der Waals surface area contributed by atoms with E-state index in [-0.39, 0.29) is 5.60 Å². The number of rotatable bonds is 4. The monoisotopic (exact) mass is 265 g/mol. The predicted molar refractivity (Wildman–Crippen MR) is 70.7 cm³/mol. The van der Waals surface area contributed by atoms with E-state index in [0.717, 1.165) is 36.4 Å². The van der Waals surface area contributed by atoms with Gasteiger partial charge in [0, 0.05) is 13.3 Å². The maximum absolute atomic E-state index is 5.98. The zero-order chi connectivity index (χ0) is 12.6. The van der Waals surface area contributed by atoms with E-state index in [0.29, 0.717) is 5.88 Å². The van der Waals surface area contributed by atoms with Crippen molar-refractivity contribution in [1.29, 1.82) is 0 Å². The lowest BCUT2D eigenvalue weighted by molar-refractivity contribution is -0.0832. The van der Waals surface area contributed by atoms with Crippen molar-refractivity contribution < 1.29 is 4.74 Å². The molecular weight excluding hydrogens is 250 g/mol. The Morgan fingerprint density at radius 2 is 2.33 bits per heavy atom. The van der Waals surface area contributed by atoms with E-state index in [9.17, 15) is 0 Å². The quantitative estimate of drug-likeness (QED) is 0.798. The summed E-state index contributed by atoms with van der Waals surface area (Å²) in [6, 6.07) is 3.86. The van der Waals surface area contributed by atoms with Gasteiger partial charge in [-0.15, -0.1) is 11.6 Å². The van der Waals surface area contributed by atoms with Gasteiger partial charge in [-0.25, -0.2) is 9.97 Å². The molecule has 1 fully saturated rings. The van der Waals surface area contributed by atoms with E-state index in [2.05, 4.69) is 14.5 Å². The second kappa shape index (κ2) is 4.52. The van der Waals surface area contributed by atoms with Crippen molar-refractivity contribution in [2.45, 2.75) is 37.3 Å². The van der Waals surface area contributed by atoms with E-state index in [1.165, 1.54) is 6.42 Å². The zero-order valence-electron chi connectivity index (χ0n) is 10.4. The number of fused-ring (bicyclic) bond motifs is 1. The third-order valence-electron chi connectivity index (χ3n) is 3.85. The SMILES string of the molecule is COC1(Cn2c(CCl)nc3cccnc32)CCC1. The zero-order valence-corrected chi connectivity index (χ0v) is 11.2. The Morgan fingerprint density at radius 3 is 2.94 bits per heavy atom. The third-order valence-corrected chi connectivity index (χ3v) is 4.09. The van der Waals surface area contributed by atoms with Crippen LogP contribution in [0.15, 0.2) is 18.3 Å². The fourth-order valence-electron chi connectivity index (χ4n) is 2.56. The van der Waals surface area contributed by atoms with Gasteiger partial charge in [0.1, 0.15) is 11.3 Å². The molecule has 0 aromatic carbocycles. The minimum absolute atomic E-state index is 0.0496. The molecule has 0 bridgehead atoms. The van der Waals surface area contributed by atoms with Crippen molar-refractivity contribution in [1.82, 2.24) is 14.5 Å². The first-order valence-electron chi connectivity index (χ1n) is 6.19. The van der Waals surface area contributed by atoms with E-state index >= 15 is 0 Å². The first-order valence-corrected chi connectivity index (χ1v) is 6.73. The number of pyridine rings is 1. The number of imidazole rings is 1. The molecule has 4 nitrogen and oxygen atoms in total. The van der Waals surface area contributed by atoms with Crippen LogP contribution < -0.4 is 0 Å². The van der Waals surface area contributed by atoms with Crippen molar-refractivity contribution in [3.63, 3.8) is 0 Å². The van der Waals surface area contributed by atoms with Gasteiger partial charge in [-0.1, -0.05) is 0 Å². The highest BCUT2D eigenvalue weighted by molar-refractivity contribution is 6.16. The number of methoxy groups -OCH3 is 1. The summed E-state index contributed by atoms with van der Waals surface area (Å²) in [6.45, 7) is 0.791. The first kappa shape index (κ1) is 11.9. The van der Waals surface area contributed by atoms with E-state index in [1.54, 1.807) is 13.3 Å². The summed E-state index contributed by atoms with van der Waals surface area (Å²) in [7, 11) is 1.78. The van der Waals surface area contributed by atoms with Crippen LogP contribution in [0.3, 0.4) is 0 Å². The van der Waals surface area contributed by atoms with Gasteiger partial charge in [-0.05, 0) is 31.4 Å². The summed E-state index contributed by atoms with van der Waals surface area (Å²) in [5.41, 5.74) is 1.75. The maximum Gasteiger partial charge on any atom is 0.160 e. The van der Waals surface area contributed by atoms with Crippen molar-refractivity contribution in [3.8, 4) is 0 Å². The van der Waals surface area contributed by atoms with Gasteiger partial charge in [-0.2, -0.15) is 0 Å². The molecule has 0 N–H and O–H groups in total. The molecule has 0 aliphatic heterocycles. The Hall–Kier alpha value is -1.13. The summed E-state index contributed by atoms with van der Waals surface area (Å²) >= 11 is 5.98. The molecular formula is C13H16ClN3O. The van der Waals surface area contributed by atoms with E-state index < -0.39 is 0 Å². The Morgan fingerprint density at radius 1 is 1.50 bits per heavy atom. The van der Waals surface area contributed by atoms with Gasteiger partial charge in [0.15, 0.2) is 5.65 Å². The lowest BCUT2D eigenvalue weighted by atomic mass is 9.80. The van der Waals surface area contributed by atoms with Gasteiger partial charge < -0.3 is 9.30 Å². The van der Waals surface area contributed by atoms with Crippen LogP contribution in [0.4, 0.5) is 0 Å². The molecule has 5 heteroatoms. The highest BCUT2D eigenvalue weighted by Gasteiger charge is 2.38. The number of nitrogens with zero attached hydrogens (tertiary/aromatic N) is 3. The van der Waals surface area contributed by atoms with Gasteiger partial charge >= 0.3 is 0 Å². The molecule has 1 aliphatic rings. The number of hydrogen-bond donors (Lipinski definition) is 0. The predicted octanol–water partition coefficient (Wildman–Crippen LogP) is 2.74. The molecule has 96 valence electrons. The largest absolute Gasteiger partial charge is 0.376 e. The van der Waals surface area contributed by atoms with Crippen LogP contribution in [-0.2, 0) is 17.2 Å². The molecule has 0 spiro atoms. The number of alkyl halides is 1. The minimum Gasteiger partial charge on any atom is -0.376 e. The summed E-state index contributed by atoms with van der Waals surface area (Å²) in [6.07, 6.45) is 5.21. The maximum atomic E-state index is 5.98. The second-order valence-corrected chi connectivity index (χ2v) is 5.10. The summed E-state index contributed by atoms with van der Waals surface area (Å²) in [4.78, 5) is 8.93. The van der Waals surface area contributed by atoms with Crippen LogP contribution in [0, 0.1) is 0 Å². The van der Waals surface area contributed by atoms with Gasteiger partial charge in [0.2, 0.25) is 0 Å². The van der Waals surface area contributed by atoms with Gasteiger partial charge in [0.25, 0.3) is 0 Å². The Balaban J connectivity index is 2.04. The molecule has 2 aromatic heterocycles. The number of aromatic nitrogens is 3. The Bertz CT molecular complexity index is 557. The minimum atomic E-state index is -0.0496. The number of ether oxygens (including phenoxy) is 1. The normalized spacial score (nSPS) is 17.9. The molecule has 18 heavy (non-hydrogen) atoms. The molecule has 0 atom stereocenters. The fraction of sp³-hybridized carbons (Fsp3) is 0.538. The van der Waals surface area contributed by atoms with Crippen molar-refractivity contribution >= 4 is 22.8 Å². The van der Waals surface area contributed by atoms with Crippen LogP contribution >= 0.6 is 11.6 Å². The lowest BCUT2D eigenvalue weighted by Crippen LogP contribution is -2.43.